The van der Waals surface area contributed by atoms with Crippen LogP contribution in [0.25, 0.3) is 0 Å². The third kappa shape index (κ3) is 3.57. The molecule has 0 saturated heterocycles. The van der Waals surface area contributed by atoms with E-state index in [1.54, 1.807) is 18.2 Å². The van der Waals surface area contributed by atoms with Gasteiger partial charge in [-0.1, -0.05) is 46.3 Å². The molecule has 0 heterocycles. The fourth-order valence-electron chi connectivity index (χ4n) is 1.67. The first-order valence-corrected chi connectivity index (χ1v) is 6.54. The van der Waals surface area contributed by atoms with Crippen LogP contribution in [-0.2, 0) is 6.61 Å². The number of ether oxygens (including phenoxy) is 1. The molecule has 0 aliphatic carbocycles. The summed E-state index contributed by atoms with van der Waals surface area (Å²) in [6, 6.07) is 16.8. The molecule has 0 radical (unpaired) electrons. The first-order valence-electron chi connectivity index (χ1n) is 5.74. The zero-order chi connectivity index (χ0) is 13.7. The summed E-state index contributed by atoms with van der Waals surface area (Å²) in [4.78, 5) is 0. The van der Waals surface area contributed by atoms with Gasteiger partial charge in [0, 0.05) is 10.0 Å². The number of halogens is 1. The Morgan fingerprint density at radius 1 is 1.21 bits per heavy atom. The maximum absolute atomic E-state index is 9.67. The van der Waals surface area contributed by atoms with Gasteiger partial charge in [-0.25, -0.2) is 0 Å². The number of aliphatic hydroxyl groups excluding tert-OH is 1. The average molecular weight is 318 g/mol. The van der Waals surface area contributed by atoms with Crippen LogP contribution >= 0.6 is 15.9 Å². The Hall–Kier alpha value is -1.83. The summed E-state index contributed by atoms with van der Waals surface area (Å²) in [6.45, 7) is 0.396. The fourth-order valence-corrected chi connectivity index (χ4v) is 2.05. The van der Waals surface area contributed by atoms with Crippen LogP contribution in [-0.4, -0.2) is 5.11 Å². The molecule has 0 fully saturated rings. The topological polar surface area (TPSA) is 53.2 Å². The summed E-state index contributed by atoms with van der Waals surface area (Å²) in [6.07, 6.45) is -1.19. The minimum absolute atomic E-state index is 0.396. The van der Waals surface area contributed by atoms with Gasteiger partial charge in [-0.3, -0.25) is 0 Å². The van der Waals surface area contributed by atoms with E-state index < -0.39 is 6.10 Å². The lowest BCUT2D eigenvalue weighted by molar-refractivity contribution is 0.223. The summed E-state index contributed by atoms with van der Waals surface area (Å²) >= 11 is 3.31. The van der Waals surface area contributed by atoms with Crippen LogP contribution in [0.5, 0.6) is 5.75 Å². The van der Waals surface area contributed by atoms with Gasteiger partial charge >= 0.3 is 0 Å². The standard InChI is InChI=1S/C15H12BrNO2/c16-12-6-7-15(13(8-12)14(18)9-17)19-10-11-4-2-1-3-5-11/h1-8,14,18H,10H2/t14-/m1/s1. The third-order valence-electron chi connectivity index (χ3n) is 2.63. The molecule has 2 rings (SSSR count). The Morgan fingerprint density at radius 3 is 2.63 bits per heavy atom. The molecule has 96 valence electrons. The van der Waals surface area contributed by atoms with Crippen LogP contribution in [0.4, 0.5) is 0 Å². The molecule has 0 saturated carbocycles. The molecule has 2 aromatic rings. The zero-order valence-electron chi connectivity index (χ0n) is 10.1. The summed E-state index contributed by atoms with van der Waals surface area (Å²) in [7, 11) is 0. The Bertz CT molecular complexity index is 593. The predicted octanol–water partition coefficient (Wildman–Crippen LogP) is 3.59. The van der Waals surface area contributed by atoms with Gasteiger partial charge in [0.1, 0.15) is 12.4 Å². The van der Waals surface area contributed by atoms with E-state index in [0.29, 0.717) is 17.9 Å². The maximum atomic E-state index is 9.67. The van der Waals surface area contributed by atoms with E-state index in [2.05, 4.69) is 15.9 Å². The lowest BCUT2D eigenvalue weighted by Gasteiger charge is -2.12. The average Bonchev–Trinajstić information content (AvgIpc) is 2.46. The summed E-state index contributed by atoms with van der Waals surface area (Å²) in [5, 5.41) is 18.5. The smallest absolute Gasteiger partial charge is 0.169 e. The number of aliphatic hydroxyl groups is 1. The van der Waals surface area contributed by atoms with Crippen molar-refractivity contribution in [1.82, 2.24) is 0 Å². The number of nitriles is 1. The van der Waals surface area contributed by atoms with Crippen molar-refractivity contribution in [2.75, 3.05) is 0 Å². The zero-order valence-corrected chi connectivity index (χ0v) is 11.7. The molecule has 0 amide bonds. The van der Waals surface area contributed by atoms with Crippen molar-refractivity contribution in [3.05, 3.63) is 64.1 Å². The normalized spacial score (nSPS) is 11.6. The molecule has 1 N–H and O–H groups in total. The number of hydrogen-bond donors (Lipinski definition) is 1. The van der Waals surface area contributed by atoms with Gasteiger partial charge in [0.25, 0.3) is 0 Å². The first kappa shape index (κ1) is 13.6. The highest BCUT2D eigenvalue weighted by atomic mass is 79.9. The second-order valence-electron chi connectivity index (χ2n) is 3.99. The number of hydrogen-bond acceptors (Lipinski definition) is 3. The molecule has 1 atom stereocenters. The molecule has 0 aromatic heterocycles. The summed E-state index contributed by atoms with van der Waals surface area (Å²) in [5.41, 5.74) is 1.50. The number of benzene rings is 2. The fraction of sp³-hybridized carbons (Fsp3) is 0.133. The van der Waals surface area contributed by atoms with E-state index in [4.69, 9.17) is 10.00 Å². The van der Waals surface area contributed by atoms with Gasteiger partial charge < -0.3 is 9.84 Å². The molecule has 0 unspecified atom stereocenters. The SMILES string of the molecule is N#C[C@@H](O)c1cc(Br)ccc1OCc1ccccc1. The van der Waals surface area contributed by atoms with Crippen molar-refractivity contribution < 1.29 is 9.84 Å². The molecule has 0 bridgehead atoms. The monoisotopic (exact) mass is 317 g/mol. The molecule has 19 heavy (non-hydrogen) atoms. The van der Waals surface area contributed by atoms with Crippen molar-refractivity contribution in [2.24, 2.45) is 0 Å². The van der Waals surface area contributed by atoms with E-state index in [-0.39, 0.29) is 0 Å². The van der Waals surface area contributed by atoms with Crippen LogP contribution in [0.2, 0.25) is 0 Å². The van der Waals surface area contributed by atoms with E-state index in [9.17, 15) is 5.11 Å². The van der Waals surface area contributed by atoms with E-state index in [1.165, 1.54) is 0 Å². The van der Waals surface area contributed by atoms with Crippen molar-refractivity contribution >= 4 is 15.9 Å². The van der Waals surface area contributed by atoms with Crippen molar-refractivity contribution in [3.63, 3.8) is 0 Å². The minimum Gasteiger partial charge on any atom is -0.488 e. The van der Waals surface area contributed by atoms with Gasteiger partial charge in [0.2, 0.25) is 0 Å². The maximum Gasteiger partial charge on any atom is 0.169 e. The van der Waals surface area contributed by atoms with Gasteiger partial charge in [-0.15, -0.1) is 0 Å². The second kappa shape index (κ2) is 6.37. The molecular formula is C15H12BrNO2. The molecule has 0 aliphatic rings. The van der Waals surface area contributed by atoms with Gasteiger partial charge in [-0.2, -0.15) is 5.26 Å². The molecule has 0 spiro atoms. The molecule has 0 aliphatic heterocycles. The first-order chi connectivity index (χ1) is 9.20. The van der Waals surface area contributed by atoms with E-state index in [1.807, 2.05) is 36.4 Å². The molecule has 3 nitrogen and oxygen atoms in total. The van der Waals surface area contributed by atoms with Crippen LogP contribution in [0.15, 0.2) is 53.0 Å². The van der Waals surface area contributed by atoms with Crippen molar-refractivity contribution in [1.29, 1.82) is 5.26 Å². The highest BCUT2D eigenvalue weighted by Crippen LogP contribution is 2.29. The lowest BCUT2D eigenvalue weighted by atomic mass is 10.1. The predicted molar refractivity (Wildman–Crippen MR) is 75.5 cm³/mol. The Morgan fingerprint density at radius 2 is 1.95 bits per heavy atom. The molecular weight excluding hydrogens is 306 g/mol. The Labute approximate surface area is 120 Å². The number of rotatable bonds is 4. The van der Waals surface area contributed by atoms with Gasteiger partial charge in [0.15, 0.2) is 6.10 Å². The highest BCUT2D eigenvalue weighted by Gasteiger charge is 2.13. The van der Waals surface area contributed by atoms with Gasteiger partial charge in [-0.05, 0) is 23.8 Å². The van der Waals surface area contributed by atoms with E-state index in [0.717, 1.165) is 10.0 Å². The van der Waals surface area contributed by atoms with E-state index >= 15 is 0 Å². The van der Waals surface area contributed by atoms with Crippen LogP contribution in [0.1, 0.15) is 17.2 Å². The highest BCUT2D eigenvalue weighted by molar-refractivity contribution is 9.10. The van der Waals surface area contributed by atoms with Crippen molar-refractivity contribution in [3.8, 4) is 11.8 Å². The summed E-state index contributed by atoms with van der Waals surface area (Å²) < 4.78 is 6.46. The van der Waals surface area contributed by atoms with Crippen LogP contribution in [0, 0.1) is 11.3 Å². The quantitative estimate of drug-likeness (QED) is 0.877. The largest absolute Gasteiger partial charge is 0.488 e. The van der Waals surface area contributed by atoms with Crippen molar-refractivity contribution in [2.45, 2.75) is 12.7 Å². The lowest BCUT2D eigenvalue weighted by Crippen LogP contribution is -2.01. The molecule has 4 heteroatoms. The Balaban J connectivity index is 2.18. The second-order valence-corrected chi connectivity index (χ2v) is 4.90. The van der Waals surface area contributed by atoms with Crippen LogP contribution in [0.3, 0.4) is 0 Å². The number of nitrogens with zero attached hydrogens (tertiary/aromatic N) is 1. The Kier molecular flexibility index (Phi) is 4.56. The van der Waals surface area contributed by atoms with Crippen LogP contribution < -0.4 is 4.74 Å². The molecule has 2 aromatic carbocycles. The van der Waals surface area contributed by atoms with Gasteiger partial charge in [0.05, 0.1) is 6.07 Å². The minimum atomic E-state index is -1.19. The summed E-state index contributed by atoms with van der Waals surface area (Å²) in [5.74, 6) is 0.515. The third-order valence-corrected chi connectivity index (χ3v) is 3.12.